The van der Waals surface area contributed by atoms with Crippen LogP contribution in [0.1, 0.15) is 29.8 Å². The zero-order valence-electron chi connectivity index (χ0n) is 15.5. The van der Waals surface area contributed by atoms with E-state index in [1.807, 2.05) is 0 Å². The molecule has 3 rings (SSSR count). The number of benzene rings is 2. The Bertz CT molecular complexity index is 1120. The molecule has 1 N–H and O–H groups in total. The zero-order valence-corrected chi connectivity index (χ0v) is 16.3. The molecule has 1 aromatic heterocycles. The van der Waals surface area contributed by atoms with Crippen LogP contribution in [0, 0.1) is 6.92 Å². The van der Waals surface area contributed by atoms with Crippen molar-refractivity contribution in [1.82, 2.24) is 0 Å². The molecule has 0 saturated heterocycles. The number of Topliss-reactive ketones (excluding diaryl/α,β-unsaturated/α-hetero) is 1. The predicted molar refractivity (Wildman–Crippen MR) is 107 cm³/mol. The largest absolute Gasteiger partial charge is 0.479 e. The highest BCUT2D eigenvalue weighted by Crippen LogP contribution is 2.31. The van der Waals surface area contributed by atoms with Crippen LogP contribution in [0.3, 0.4) is 0 Å². The molecule has 0 aliphatic carbocycles. The number of carbonyl (C=O) groups excluding carboxylic acids is 2. The van der Waals surface area contributed by atoms with Gasteiger partial charge in [-0.25, -0.2) is 4.79 Å². The number of fused-ring (bicyclic) bond motifs is 1. The van der Waals surface area contributed by atoms with Gasteiger partial charge in [0, 0.05) is 28.8 Å². The lowest BCUT2D eigenvalue weighted by molar-refractivity contribution is -0.122. The molecule has 0 saturated carbocycles. The number of nitrogens with one attached hydrogen (secondary N) is 1. The highest BCUT2D eigenvalue weighted by molar-refractivity contribution is 6.32. The molecular weight excluding hydrogens is 382 g/mol. The van der Waals surface area contributed by atoms with Gasteiger partial charge in [-0.05, 0) is 56.7 Å². The lowest BCUT2D eigenvalue weighted by Crippen LogP contribution is -2.30. The van der Waals surface area contributed by atoms with Crippen LogP contribution in [-0.4, -0.2) is 17.8 Å². The minimum Gasteiger partial charge on any atom is -0.479 e. The van der Waals surface area contributed by atoms with Gasteiger partial charge in [-0.15, -0.1) is 0 Å². The maximum Gasteiger partial charge on any atom is 0.336 e. The molecule has 1 unspecified atom stereocenters. The molecule has 0 spiro atoms. The number of aryl methyl sites for hydroxylation is 1. The first-order valence-corrected chi connectivity index (χ1v) is 8.95. The summed E-state index contributed by atoms with van der Waals surface area (Å²) in [6.45, 7) is 4.83. The first-order chi connectivity index (χ1) is 13.2. The number of anilines is 1. The number of halogens is 1. The number of ketones is 1. The molecule has 1 heterocycles. The van der Waals surface area contributed by atoms with E-state index in [0.29, 0.717) is 27.2 Å². The van der Waals surface area contributed by atoms with E-state index in [4.69, 9.17) is 20.8 Å². The van der Waals surface area contributed by atoms with E-state index in [9.17, 15) is 14.4 Å². The maximum atomic E-state index is 12.4. The van der Waals surface area contributed by atoms with Crippen molar-refractivity contribution < 1.29 is 18.7 Å². The summed E-state index contributed by atoms with van der Waals surface area (Å²) in [5, 5.41) is 3.71. The molecule has 1 amide bonds. The summed E-state index contributed by atoms with van der Waals surface area (Å²) in [6.07, 6.45) is -0.862. The van der Waals surface area contributed by atoms with Crippen LogP contribution in [0.15, 0.2) is 51.7 Å². The van der Waals surface area contributed by atoms with Gasteiger partial charge in [0.05, 0.1) is 5.02 Å². The van der Waals surface area contributed by atoms with E-state index in [-0.39, 0.29) is 11.5 Å². The van der Waals surface area contributed by atoms with Crippen molar-refractivity contribution >= 4 is 39.9 Å². The molecule has 0 fully saturated rings. The fourth-order valence-electron chi connectivity index (χ4n) is 2.69. The Morgan fingerprint density at radius 2 is 1.82 bits per heavy atom. The molecule has 0 bridgehead atoms. The van der Waals surface area contributed by atoms with Crippen molar-refractivity contribution in [2.75, 3.05) is 5.32 Å². The molecule has 28 heavy (non-hydrogen) atoms. The summed E-state index contributed by atoms with van der Waals surface area (Å²) < 4.78 is 10.9. The van der Waals surface area contributed by atoms with Gasteiger partial charge in [0.1, 0.15) is 11.3 Å². The molecule has 3 aromatic rings. The third kappa shape index (κ3) is 4.23. The van der Waals surface area contributed by atoms with Crippen LogP contribution in [0.2, 0.25) is 5.02 Å². The summed E-state index contributed by atoms with van der Waals surface area (Å²) in [5.41, 5.74) is 1.69. The Balaban J connectivity index is 1.77. The van der Waals surface area contributed by atoms with Crippen molar-refractivity contribution in [1.29, 1.82) is 0 Å². The topological polar surface area (TPSA) is 85.6 Å². The van der Waals surface area contributed by atoms with Crippen molar-refractivity contribution in [3.8, 4) is 5.75 Å². The average Bonchev–Trinajstić information content (AvgIpc) is 2.63. The fourth-order valence-corrected chi connectivity index (χ4v) is 2.89. The average molecular weight is 400 g/mol. The van der Waals surface area contributed by atoms with Crippen molar-refractivity contribution in [2.45, 2.75) is 26.9 Å². The third-order valence-corrected chi connectivity index (χ3v) is 4.53. The first-order valence-electron chi connectivity index (χ1n) is 8.57. The smallest absolute Gasteiger partial charge is 0.336 e. The Labute approximate surface area is 166 Å². The van der Waals surface area contributed by atoms with Crippen LogP contribution in [0.5, 0.6) is 5.75 Å². The van der Waals surface area contributed by atoms with E-state index < -0.39 is 17.6 Å². The van der Waals surface area contributed by atoms with E-state index in [1.165, 1.54) is 19.1 Å². The summed E-state index contributed by atoms with van der Waals surface area (Å²) in [7, 11) is 0. The Kier molecular flexibility index (Phi) is 5.51. The van der Waals surface area contributed by atoms with Gasteiger partial charge in [0.25, 0.3) is 5.91 Å². The van der Waals surface area contributed by atoms with Crippen LogP contribution in [0.4, 0.5) is 5.69 Å². The molecule has 0 aliphatic rings. The lowest BCUT2D eigenvalue weighted by Gasteiger charge is -2.16. The van der Waals surface area contributed by atoms with Gasteiger partial charge >= 0.3 is 5.63 Å². The second-order valence-corrected chi connectivity index (χ2v) is 6.82. The lowest BCUT2D eigenvalue weighted by atomic mass is 10.1. The number of ether oxygens (including phenoxy) is 1. The number of hydrogen-bond acceptors (Lipinski definition) is 5. The molecule has 0 aliphatic heterocycles. The number of carbonyl (C=O) groups is 2. The highest BCUT2D eigenvalue weighted by atomic mass is 35.5. The monoisotopic (exact) mass is 399 g/mol. The van der Waals surface area contributed by atoms with E-state index in [0.717, 1.165) is 5.56 Å². The molecule has 2 aromatic carbocycles. The molecule has 6 nitrogen and oxygen atoms in total. The zero-order chi connectivity index (χ0) is 20.4. The fraction of sp³-hybridized carbons (Fsp3) is 0.190. The molecular formula is C21H18ClNO5. The summed E-state index contributed by atoms with van der Waals surface area (Å²) in [4.78, 5) is 35.3. The normalized spacial score (nSPS) is 11.9. The van der Waals surface area contributed by atoms with Gasteiger partial charge in [0.15, 0.2) is 11.9 Å². The number of rotatable bonds is 5. The van der Waals surface area contributed by atoms with Crippen LogP contribution >= 0.6 is 11.6 Å². The molecule has 7 heteroatoms. The Hall–Kier alpha value is -3.12. The van der Waals surface area contributed by atoms with Gasteiger partial charge in [-0.1, -0.05) is 11.6 Å². The molecule has 0 radical (unpaired) electrons. The number of hydrogen-bond donors (Lipinski definition) is 1. The first kappa shape index (κ1) is 19.6. The minimum absolute atomic E-state index is 0.0533. The maximum absolute atomic E-state index is 12.4. The highest BCUT2D eigenvalue weighted by Gasteiger charge is 2.18. The van der Waals surface area contributed by atoms with Gasteiger partial charge < -0.3 is 14.5 Å². The van der Waals surface area contributed by atoms with Crippen molar-refractivity contribution in [2.24, 2.45) is 0 Å². The van der Waals surface area contributed by atoms with E-state index >= 15 is 0 Å². The Morgan fingerprint density at radius 3 is 2.46 bits per heavy atom. The minimum atomic E-state index is -0.862. The second-order valence-electron chi connectivity index (χ2n) is 6.41. The SMILES string of the molecule is CC(=O)c1ccc(NC(=O)C(C)Oc2cc3oc(=O)cc(C)c3cc2Cl)cc1. The van der Waals surface area contributed by atoms with Crippen LogP contribution in [-0.2, 0) is 4.79 Å². The molecule has 1 atom stereocenters. The predicted octanol–water partition coefficient (Wildman–Crippen LogP) is 4.36. The summed E-state index contributed by atoms with van der Waals surface area (Å²) >= 11 is 6.26. The van der Waals surface area contributed by atoms with Crippen LogP contribution in [0.25, 0.3) is 11.0 Å². The van der Waals surface area contributed by atoms with Gasteiger partial charge in [-0.2, -0.15) is 0 Å². The number of amides is 1. The van der Waals surface area contributed by atoms with E-state index in [2.05, 4.69) is 5.32 Å². The second kappa shape index (κ2) is 7.86. The van der Waals surface area contributed by atoms with Crippen molar-refractivity contribution in [3.05, 3.63) is 69.0 Å². The van der Waals surface area contributed by atoms with E-state index in [1.54, 1.807) is 44.2 Å². The quantitative estimate of drug-likeness (QED) is 0.508. The summed E-state index contributed by atoms with van der Waals surface area (Å²) in [5.74, 6) is -0.211. The summed E-state index contributed by atoms with van der Waals surface area (Å²) in [6, 6.07) is 11.1. The molecule has 144 valence electrons. The Morgan fingerprint density at radius 1 is 1.14 bits per heavy atom. The van der Waals surface area contributed by atoms with Gasteiger partial charge in [-0.3, -0.25) is 9.59 Å². The van der Waals surface area contributed by atoms with Gasteiger partial charge in [0.2, 0.25) is 0 Å². The van der Waals surface area contributed by atoms with Crippen LogP contribution < -0.4 is 15.7 Å². The third-order valence-electron chi connectivity index (χ3n) is 4.24. The van der Waals surface area contributed by atoms with Crippen molar-refractivity contribution in [3.63, 3.8) is 0 Å². The standard InChI is InChI=1S/C21H18ClNO5/c1-11-8-20(25)28-18-10-19(17(22)9-16(11)18)27-13(3)21(26)23-15-6-4-14(5-7-15)12(2)24/h4-10,13H,1-3H3,(H,23,26).